The molecule has 0 aliphatic carbocycles. The molecule has 1 unspecified atom stereocenters. The van der Waals surface area contributed by atoms with Gasteiger partial charge in [0.2, 0.25) is 0 Å². The van der Waals surface area contributed by atoms with Gasteiger partial charge in [-0.25, -0.2) is 4.39 Å². The first-order chi connectivity index (χ1) is 9.62. The van der Waals surface area contributed by atoms with Gasteiger partial charge < -0.3 is 5.11 Å². The normalized spacial score (nSPS) is 15.0. The molecule has 1 atom stereocenters. The van der Waals surface area contributed by atoms with E-state index in [1.807, 2.05) is 0 Å². The number of benzene rings is 1. The fourth-order valence-electron chi connectivity index (χ4n) is 1.52. The van der Waals surface area contributed by atoms with E-state index in [1.165, 1.54) is 0 Å². The van der Waals surface area contributed by atoms with Crippen LogP contribution in [0.25, 0.3) is 0 Å². The third-order valence-corrected chi connectivity index (χ3v) is 3.64. The van der Waals surface area contributed by atoms with Gasteiger partial charge in [-0.2, -0.15) is 35.1 Å². The Bertz CT molecular complexity index is 576. The minimum absolute atomic E-state index is 0.214. The second kappa shape index (κ2) is 5.50. The predicted molar refractivity (Wildman–Crippen MR) is 60.2 cm³/mol. The molecule has 0 heterocycles. The zero-order valence-electron chi connectivity index (χ0n) is 10.4. The maximum Gasteiger partial charge on any atom is 0.458 e. The molecule has 1 rings (SSSR count). The lowest BCUT2D eigenvalue weighted by atomic mass is 9.94. The topological polar surface area (TPSA) is 20.2 Å². The van der Waals surface area contributed by atoms with Crippen LogP contribution in [0.3, 0.4) is 0 Å². The van der Waals surface area contributed by atoms with E-state index in [-0.39, 0.29) is 6.07 Å². The van der Waals surface area contributed by atoms with Crippen LogP contribution < -0.4 is 0 Å². The first-order valence-electron chi connectivity index (χ1n) is 5.35. The first kappa shape index (κ1) is 18.9. The molecule has 0 fully saturated rings. The second-order valence-electron chi connectivity index (χ2n) is 4.33. The van der Waals surface area contributed by atoms with E-state index in [0.29, 0.717) is 6.92 Å². The van der Waals surface area contributed by atoms with Gasteiger partial charge >= 0.3 is 18.3 Å². The number of alkyl halides is 8. The van der Waals surface area contributed by atoms with Gasteiger partial charge in [0.15, 0.2) is 11.6 Å². The lowest BCUT2D eigenvalue weighted by molar-refractivity contribution is -0.289. The third-order valence-electron chi connectivity index (χ3n) is 2.86. The number of hydrogen-bond acceptors (Lipinski definition) is 1. The van der Waals surface area contributed by atoms with Crippen molar-refractivity contribution < 1.29 is 44.6 Å². The Hall–Kier alpha value is -1.13. The Morgan fingerprint density at radius 1 is 1.05 bits per heavy atom. The highest BCUT2D eigenvalue weighted by Crippen LogP contribution is 2.50. The van der Waals surface area contributed by atoms with Gasteiger partial charge in [0.05, 0.1) is 10.4 Å². The van der Waals surface area contributed by atoms with Crippen LogP contribution in [-0.4, -0.2) is 17.5 Å². The summed E-state index contributed by atoms with van der Waals surface area (Å²) < 4.78 is 113. The van der Waals surface area contributed by atoms with Gasteiger partial charge in [-0.3, -0.25) is 0 Å². The lowest BCUT2D eigenvalue weighted by Crippen LogP contribution is -2.34. The van der Waals surface area contributed by atoms with Gasteiger partial charge in [-0.15, -0.1) is 0 Å². The molecule has 0 amide bonds. The van der Waals surface area contributed by atoms with Gasteiger partial charge in [0.1, 0.15) is 0 Å². The molecular weight excluding hydrogens is 399 g/mol. The average molecular weight is 405 g/mol. The van der Waals surface area contributed by atoms with Gasteiger partial charge in [-0.1, -0.05) is 0 Å². The quantitative estimate of drug-likeness (QED) is 0.634. The summed E-state index contributed by atoms with van der Waals surface area (Å²) in [7, 11) is 0. The van der Waals surface area contributed by atoms with E-state index in [2.05, 4.69) is 15.9 Å². The molecule has 0 radical (unpaired) electrons. The smallest absolute Gasteiger partial charge is 0.458 e. The fourth-order valence-corrected chi connectivity index (χ4v) is 2.07. The number of halogens is 10. The largest absolute Gasteiger partial charge is 0.505 e. The molecule has 11 heteroatoms. The SMILES string of the molecule is CC(c1cc(C(F)(F)C(F)(F)F)c(Br)c(F)c1O)C(F)(F)F. The average Bonchev–Trinajstić information content (AvgIpc) is 2.32. The summed E-state index contributed by atoms with van der Waals surface area (Å²) >= 11 is 2.10. The Kier molecular flexibility index (Phi) is 4.73. The van der Waals surface area contributed by atoms with E-state index in [1.54, 1.807) is 0 Å². The van der Waals surface area contributed by atoms with Crippen LogP contribution in [0, 0.1) is 5.82 Å². The molecule has 0 saturated heterocycles. The van der Waals surface area contributed by atoms with E-state index in [4.69, 9.17) is 0 Å². The monoisotopic (exact) mass is 404 g/mol. The molecular formula is C11H6BrF9O. The fraction of sp³-hybridized carbons (Fsp3) is 0.455. The molecule has 0 aliphatic rings. The number of aromatic hydroxyl groups is 1. The Morgan fingerprint density at radius 2 is 1.50 bits per heavy atom. The van der Waals surface area contributed by atoms with E-state index in [9.17, 15) is 44.6 Å². The van der Waals surface area contributed by atoms with Crippen molar-refractivity contribution in [3.05, 3.63) is 27.5 Å². The second-order valence-corrected chi connectivity index (χ2v) is 5.12. The maximum absolute atomic E-state index is 13.6. The van der Waals surface area contributed by atoms with Crippen molar-refractivity contribution in [3.63, 3.8) is 0 Å². The van der Waals surface area contributed by atoms with Crippen LogP contribution in [0.15, 0.2) is 10.5 Å². The molecule has 0 bridgehead atoms. The standard InChI is InChI=1S/C11H6BrF9O/c1-3(10(16,17)18)4-2-5(6(12)7(13)8(4)22)9(14,15)11(19,20)21/h2-3,22H,1H3. The summed E-state index contributed by atoms with van der Waals surface area (Å²) in [5, 5.41) is 9.27. The minimum atomic E-state index is -6.16. The van der Waals surface area contributed by atoms with Crippen LogP contribution in [0.1, 0.15) is 24.0 Å². The molecule has 1 aromatic rings. The van der Waals surface area contributed by atoms with Crippen molar-refractivity contribution >= 4 is 15.9 Å². The summed E-state index contributed by atoms with van der Waals surface area (Å²) in [6.45, 7) is 0.387. The van der Waals surface area contributed by atoms with Crippen molar-refractivity contribution in [3.8, 4) is 5.75 Å². The number of rotatable bonds is 2. The molecule has 0 saturated carbocycles. The third kappa shape index (κ3) is 3.13. The molecule has 22 heavy (non-hydrogen) atoms. The van der Waals surface area contributed by atoms with Crippen molar-refractivity contribution in [2.75, 3.05) is 0 Å². The van der Waals surface area contributed by atoms with Crippen molar-refractivity contribution in [2.45, 2.75) is 31.1 Å². The molecule has 0 aliphatic heterocycles. The number of phenols is 1. The van der Waals surface area contributed by atoms with Crippen LogP contribution in [0.2, 0.25) is 0 Å². The molecule has 1 nitrogen and oxygen atoms in total. The molecule has 1 N–H and O–H groups in total. The number of phenolic OH excluding ortho intramolecular Hbond substituents is 1. The Balaban J connectivity index is 3.67. The molecule has 126 valence electrons. The maximum atomic E-state index is 13.6. The minimum Gasteiger partial charge on any atom is -0.505 e. The van der Waals surface area contributed by atoms with E-state index < -0.39 is 51.4 Å². The zero-order chi connectivity index (χ0) is 17.7. The van der Waals surface area contributed by atoms with Crippen molar-refractivity contribution in [2.24, 2.45) is 0 Å². The Labute approximate surface area is 125 Å². The summed E-state index contributed by atoms with van der Waals surface area (Å²) in [4.78, 5) is 0. The molecule has 0 aromatic heterocycles. The zero-order valence-corrected chi connectivity index (χ0v) is 12.0. The van der Waals surface area contributed by atoms with Crippen LogP contribution >= 0.6 is 15.9 Å². The van der Waals surface area contributed by atoms with E-state index >= 15 is 0 Å². The number of hydrogen-bond donors (Lipinski definition) is 1. The predicted octanol–water partition coefficient (Wildman–Crippen LogP) is 5.61. The summed E-state index contributed by atoms with van der Waals surface area (Å²) in [5.41, 5.74) is -3.48. The van der Waals surface area contributed by atoms with Crippen molar-refractivity contribution in [1.82, 2.24) is 0 Å². The highest BCUT2D eigenvalue weighted by molar-refractivity contribution is 9.10. The van der Waals surface area contributed by atoms with Crippen LogP contribution in [-0.2, 0) is 5.92 Å². The summed E-state index contributed by atoms with van der Waals surface area (Å²) in [6.07, 6.45) is -11.2. The van der Waals surface area contributed by atoms with Crippen LogP contribution in [0.4, 0.5) is 39.5 Å². The Morgan fingerprint density at radius 3 is 1.86 bits per heavy atom. The summed E-state index contributed by atoms with van der Waals surface area (Å²) in [5.74, 6) is -12.0. The van der Waals surface area contributed by atoms with Crippen molar-refractivity contribution in [1.29, 1.82) is 0 Å². The van der Waals surface area contributed by atoms with Gasteiger partial charge in [0.25, 0.3) is 0 Å². The highest BCUT2D eigenvalue weighted by Gasteiger charge is 2.60. The van der Waals surface area contributed by atoms with Gasteiger partial charge in [-0.05, 0) is 28.9 Å². The van der Waals surface area contributed by atoms with Gasteiger partial charge in [0, 0.05) is 11.1 Å². The molecule has 0 spiro atoms. The highest BCUT2D eigenvalue weighted by atomic mass is 79.9. The van der Waals surface area contributed by atoms with E-state index in [0.717, 1.165) is 0 Å². The van der Waals surface area contributed by atoms with Crippen LogP contribution in [0.5, 0.6) is 5.75 Å². The lowest BCUT2D eigenvalue weighted by Gasteiger charge is -2.24. The first-order valence-corrected chi connectivity index (χ1v) is 6.14. The molecule has 1 aromatic carbocycles. The summed E-state index contributed by atoms with van der Waals surface area (Å²) in [6, 6.07) is -0.214.